The highest BCUT2D eigenvalue weighted by molar-refractivity contribution is 9.10. The Balaban J connectivity index is 2.41. The molecule has 21 heavy (non-hydrogen) atoms. The van der Waals surface area contributed by atoms with Crippen molar-refractivity contribution >= 4 is 60.4 Å². The van der Waals surface area contributed by atoms with Crippen LogP contribution in [0.2, 0.25) is 0 Å². The normalized spacial score (nSPS) is 10.5. The number of hydrogen-bond acceptors (Lipinski definition) is 2. The van der Waals surface area contributed by atoms with E-state index in [1.165, 1.54) is 0 Å². The fourth-order valence-electron chi connectivity index (χ4n) is 2.01. The summed E-state index contributed by atoms with van der Waals surface area (Å²) in [6.45, 7) is 3.98. The fraction of sp³-hybridized carbons (Fsp3) is 0.133. The number of nitrogens with two attached hydrogens (primary N) is 1. The maximum absolute atomic E-state index is 14.4. The van der Waals surface area contributed by atoms with Crippen molar-refractivity contribution in [2.24, 2.45) is 5.73 Å². The molecule has 0 heterocycles. The topological polar surface area (TPSA) is 38.0 Å². The standard InChI is InChI=1S/C15H13Br2FN2S/c1-7-5-9(6-8(2)12(7)16)20-11-4-3-10(15(19)21)13(17)14(11)18/h3-6,20H,1-2H3,(H2,19,21). The van der Waals surface area contributed by atoms with Gasteiger partial charge in [-0.05, 0) is 65.2 Å². The molecule has 0 aliphatic rings. The summed E-state index contributed by atoms with van der Waals surface area (Å²) in [5.74, 6) is -0.418. The van der Waals surface area contributed by atoms with Gasteiger partial charge in [-0.15, -0.1) is 0 Å². The number of halogens is 3. The lowest BCUT2D eigenvalue weighted by Gasteiger charge is -2.13. The third-order valence-corrected chi connectivity index (χ3v) is 5.31. The molecule has 0 spiro atoms. The number of rotatable bonds is 3. The Labute approximate surface area is 145 Å². The molecule has 0 atom stereocenters. The molecule has 110 valence electrons. The van der Waals surface area contributed by atoms with Crippen LogP contribution in [0.25, 0.3) is 0 Å². The second-order valence-corrected chi connectivity index (χ2v) is 6.73. The first-order valence-corrected chi connectivity index (χ1v) is 8.12. The predicted molar refractivity (Wildman–Crippen MR) is 96.9 cm³/mol. The second-order valence-electron chi connectivity index (χ2n) is 4.70. The number of hydrogen-bond donors (Lipinski definition) is 2. The van der Waals surface area contributed by atoms with E-state index in [0.717, 1.165) is 21.3 Å². The minimum Gasteiger partial charge on any atom is -0.389 e. The van der Waals surface area contributed by atoms with Gasteiger partial charge in [0.05, 0.1) is 10.2 Å². The van der Waals surface area contributed by atoms with Gasteiger partial charge in [0.2, 0.25) is 0 Å². The number of nitrogens with one attached hydrogen (secondary N) is 1. The molecule has 0 fully saturated rings. The zero-order chi connectivity index (χ0) is 15.7. The number of aryl methyl sites for hydroxylation is 2. The lowest BCUT2D eigenvalue weighted by atomic mass is 10.1. The Morgan fingerprint density at radius 2 is 1.71 bits per heavy atom. The zero-order valence-corrected chi connectivity index (χ0v) is 15.4. The highest BCUT2D eigenvalue weighted by atomic mass is 79.9. The third kappa shape index (κ3) is 3.44. The number of thiocarbonyl (C=S) groups is 1. The van der Waals surface area contributed by atoms with Crippen LogP contribution >= 0.6 is 44.1 Å². The van der Waals surface area contributed by atoms with Gasteiger partial charge in [0, 0.05) is 15.7 Å². The minimum absolute atomic E-state index is 0.155. The maximum atomic E-state index is 14.4. The largest absolute Gasteiger partial charge is 0.389 e. The van der Waals surface area contributed by atoms with E-state index in [-0.39, 0.29) is 9.46 Å². The van der Waals surface area contributed by atoms with Crippen molar-refractivity contribution in [3.63, 3.8) is 0 Å². The van der Waals surface area contributed by atoms with Crippen LogP contribution in [0.1, 0.15) is 16.7 Å². The Hall–Kier alpha value is -0.980. The Kier molecular flexibility index (Phi) is 5.01. The molecule has 0 aliphatic carbocycles. The molecular weight excluding hydrogens is 419 g/mol. The highest BCUT2D eigenvalue weighted by Gasteiger charge is 2.13. The van der Waals surface area contributed by atoms with E-state index in [2.05, 4.69) is 37.2 Å². The lowest BCUT2D eigenvalue weighted by molar-refractivity contribution is 0.625. The van der Waals surface area contributed by atoms with Crippen LogP contribution in [0.15, 0.2) is 33.2 Å². The first-order valence-electron chi connectivity index (χ1n) is 6.13. The molecule has 0 saturated heterocycles. The van der Waals surface area contributed by atoms with Crippen molar-refractivity contribution in [2.75, 3.05) is 5.32 Å². The van der Waals surface area contributed by atoms with E-state index in [0.29, 0.717) is 11.3 Å². The van der Waals surface area contributed by atoms with E-state index in [4.69, 9.17) is 18.0 Å². The van der Waals surface area contributed by atoms with Crippen molar-refractivity contribution in [1.82, 2.24) is 0 Å². The van der Waals surface area contributed by atoms with Crippen molar-refractivity contribution in [3.8, 4) is 0 Å². The highest BCUT2D eigenvalue weighted by Crippen LogP contribution is 2.31. The van der Waals surface area contributed by atoms with E-state index >= 15 is 0 Å². The van der Waals surface area contributed by atoms with E-state index in [9.17, 15) is 4.39 Å². The van der Waals surface area contributed by atoms with Gasteiger partial charge in [-0.25, -0.2) is 4.39 Å². The number of benzene rings is 2. The molecule has 2 aromatic carbocycles. The molecule has 3 N–H and O–H groups in total. The van der Waals surface area contributed by atoms with Crippen LogP contribution in [-0.2, 0) is 0 Å². The van der Waals surface area contributed by atoms with E-state index < -0.39 is 5.82 Å². The molecule has 0 bridgehead atoms. The zero-order valence-electron chi connectivity index (χ0n) is 11.4. The molecule has 6 heteroatoms. The Morgan fingerprint density at radius 1 is 1.14 bits per heavy atom. The molecule has 0 amide bonds. The van der Waals surface area contributed by atoms with Gasteiger partial charge in [0.15, 0.2) is 5.82 Å². The van der Waals surface area contributed by atoms with E-state index in [1.54, 1.807) is 12.1 Å². The average molecular weight is 432 g/mol. The van der Waals surface area contributed by atoms with Gasteiger partial charge in [0.25, 0.3) is 0 Å². The molecule has 0 radical (unpaired) electrons. The molecule has 0 aromatic heterocycles. The average Bonchev–Trinajstić information content (AvgIpc) is 2.41. The number of anilines is 2. The smallest absolute Gasteiger partial charge is 0.161 e. The molecule has 2 rings (SSSR count). The van der Waals surface area contributed by atoms with Crippen molar-refractivity contribution in [1.29, 1.82) is 0 Å². The van der Waals surface area contributed by atoms with Gasteiger partial charge >= 0.3 is 0 Å². The summed E-state index contributed by atoms with van der Waals surface area (Å²) in [5, 5.41) is 3.08. The summed E-state index contributed by atoms with van der Waals surface area (Å²) in [6, 6.07) is 7.22. The van der Waals surface area contributed by atoms with Gasteiger partial charge < -0.3 is 11.1 Å². The van der Waals surface area contributed by atoms with Crippen molar-refractivity contribution < 1.29 is 4.39 Å². The van der Waals surface area contributed by atoms with Gasteiger partial charge in [-0.1, -0.05) is 28.1 Å². The Bertz CT molecular complexity index is 709. The summed E-state index contributed by atoms with van der Waals surface area (Å²) >= 11 is 11.6. The summed E-state index contributed by atoms with van der Waals surface area (Å²) in [6.07, 6.45) is 0. The van der Waals surface area contributed by atoms with Crippen molar-refractivity contribution in [2.45, 2.75) is 13.8 Å². The first kappa shape index (κ1) is 16.4. The first-order chi connectivity index (χ1) is 9.81. The summed E-state index contributed by atoms with van der Waals surface area (Å²) in [5.41, 5.74) is 9.38. The minimum atomic E-state index is -0.418. The van der Waals surface area contributed by atoms with Crippen LogP contribution in [0.3, 0.4) is 0 Å². The van der Waals surface area contributed by atoms with Crippen LogP contribution in [0, 0.1) is 19.7 Å². The summed E-state index contributed by atoms with van der Waals surface area (Å²) in [4.78, 5) is 0.155. The van der Waals surface area contributed by atoms with Crippen LogP contribution in [-0.4, -0.2) is 4.99 Å². The van der Waals surface area contributed by atoms with Crippen LogP contribution < -0.4 is 11.1 Å². The molecule has 2 aromatic rings. The predicted octanol–water partition coefficient (Wildman–Crippen LogP) is 5.35. The SMILES string of the molecule is Cc1cc(Nc2ccc(C(N)=S)c(Br)c2F)cc(C)c1Br. The fourth-order valence-corrected chi connectivity index (χ4v) is 3.10. The molecule has 0 aliphatic heterocycles. The lowest BCUT2D eigenvalue weighted by Crippen LogP contribution is -2.11. The van der Waals surface area contributed by atoms with Gasteiger partial charge in [0.1, 0.15) is 4.99 Å². The van der Waals surface area contributed by atoms with Crippen LogP contribution in [0.4, 0.5) is 15.8 Å². The third-order valence-electron chi connectivity index (χ3n) is 3.06. The monoisotopic (exact) mass is 430 g/mol. The van der Waals surface area contributed by atoms with Gasteiger partial charge in [-0.2, -0.15) is 0 Å². The van der Waals surface area contributed by atoms with E-state index in [1.807, 2.05) is 26.0 Å². The summed E-state index contributed by atoms with van der Waals surface area (Å²) < 4.78 is 15.7. The molecule has 0 unspecified atom stereocenters. The molecule has 2 nitrogen and oxygen atoms in total. The van der Waals surface area contributed by atoms with Gasteiger partial charge in [-0.3, -0.25) is 0 Å². The molecular formula is C15H13Br2FN2S. The Morgan fingerprint density at radius 3 is 2.24 bits per heavy atom. The quantitative estimate of drug-likeness (QED) is 0.643. The second kappa shape index (κ2) is 6.42. The van der Waals surface area contributed by atoms with Crippen molar-refractivity contribution in [3.05, 3.63) is 55.7 Å². The molecule has 0 saturated carbocycles. The maximum Gasteiger partial charge on any atom is 0.161 e. The van der Waals surface area contributed by atoms with Crippen LogP contribution in [0.5, 0.6) is 0 Å². The summed E-state index contributed by atoms with van der Waals surface area (Å²) in [7, 11) is 0.